The summed E-state index contributed by atoms with van der Waals surface area (Å²) in [6, 6.07) is 16.9. The Labute approximate surface area is 137 Å². The maximum Gasteiger partial charge on any atom is 0.266 e. The highest BCUT2D eigenvalue weighted by atomic mass is 16.3. The van der Waals surface area contributed by atoms with Gasteiger partial charge in [0.1, 0.15) is 5.76 Å². The van der Waals surface area contributed by atoms with Gasteiger partial charge in [-0.05, 0) is 48.5 Å². The van der Waals surface area contributed by atoms with Crippen molar-refractivity contribution in [1.29, 1.82) is 0 Å². The summed E-state index contributed by atoms with van der Waals surface area (Å²) in [5.41, 5.74) is 2.07. The number of hydrogen-bond acceptors (Lipinski definition) is 4. The van der Waals surface area contributed by atoms with Gasteiger partial charge < -0.3 is 4.42 Å². The minimum absolute atomic E-state index is 0.245. The zero-order chi connectivity index (χ0) is 16.7. The van der Waals surface area contributed by atoms with Crippen LogP contribution >= 0.6 is 0 Å². The number of anilines is 1. The molecule has 0 N–H and O–H groups in total. The Bertz CT molecular complexity index is 934. The normalized spacial score (nSPS) is 13.2. The maximum atomic E-state index is 12.5. The fourth-order valence-electron chi connectivity index (χ4n) is 2.77. The van der Waals surface area contributed by atoms with Gasteiger partial charge in [0, 0.05) is 5.56 Å². The molecule has 0 bridgehead atoms. The lowest BCUT2D eigenvalue weighted by molar-refractivity contribution is 0.0925. The minimum atomic E-state index is -0.329. The molecule has 0 saturated carbocycles. The van der Waals surface area contributed by atoms with E-state index in [0.29, 0.717) is 28.9 Å². The second-order valence-corrected chi connectivity index (χ2v) is 5.36. The van der Waals surface area contributed by atoms with Crippen LogP contribution in [0.15, 0.2) is 65.1 Å². The van der Waals surface area contributed by atoms with Gasteiger partial charge in [-0.1, -0.05) is 12.1 Å². The third-order valence-electron chi connectivity index (χ3n) is 3.95. The zero-order valence-corrected chi connectivity index (χ0v) is 12.4. The molecule has 116 valence electrons. The van der Waals surface area contributed by atoms with Crippen molar-refractivity contribution in [2.45, 2.75) is 0 Å². The highest BCUT2D eigenvalue weighted by molar-refractivity contribution is 6.34. The van der Waals surface area contributed by atoms with E-state index in [2.05, 4.69) is 0 Å². The lowest BCUT2D eigenvalue weighted by Crippen LogP contribution is -2.29. The lowest BCUT2D eigenvalue weighted by Gasteiger charge is -2.14. The van der Waals surface area contributed by atoms with Gasteiger partial charge in [-0.3, -0.25) is 14.4 Å². The number of carbonyl (C=O) groups excluding carboxylic acids is 3. The first-order valence-corrected chi connectivity index (χ1v) is 7.32. The molecule has 0 atom stereocenters. The predicted octanol–water partition coefficient (Wildman–Crippen LogP) is 3.56. The molecular weight excluding hydrogens is 306 g/mol. The molecule has 2 heterocycles. The number of nitrogens with zero attached hydrogens (tertiary/aromatic N) is 1. The fourth-order valence-corrected chi connectivity index (χ4v) is 2.77. The SMILES string of the molecule is O=Cc1ccc(-c2ccc(N3C(=O)c4ccccc4C3=O)cc2)o1. The van der Waals surface area contributed by atoms with Crippen molar-refractivity contribution in [3.63, 3.8) is 0 Å². The number of imide groups is 1. The number of rotatable bonds is 3. The molecule has 0 aliphatic carbocycles. The van der Waals surface area contributed by atoms with E-state index in [-0.39, 0.29) is 17.6 Å². The summed E-state index contributed by atoms with van der Waals surface area (Å²) in [4.78, 5) is 36.7. The van der Waals surface area contributed by atoms with Crippen LogP contribution in [0.5, 0.6) is 0 Å². The van der Waals surface area contributed by atoms with Gasteiger partial charge in [0.05, 0.1) is 16.8 Å². The number of fused-ring (bicyclic) bond motifs is 1. The Kier molecular flexibility index (Phi) is 3.13. The summed E-state index contributed by atoms with van der Waals surface area (Å²) in [7, 11) is 0. The van der Waals surface area contributed by atoms with Crippen molar-refractivity contribution in [3.05, 3.63) is 77.6 Å². The van der Waals surface area contributed by atoms with Crippen molar-refractivity contribution in [2.75, 3.05) is 4.90 Å². The number of hydrogen-bond donors (Lipinski definition) is 0. The smallest absolute Gasteiger partial charge is 0.266 e. The molecule has 5 nitrogen and oxygen atoms in total. The van der Waals surface area contributed by atoms with Gasteiger partial charge in [-0.2, -0.15) is 0 Å². The van der Waals surface area contributed by atoms with Crippen molar-refractivity contribution >= 4 is 23.8 Å². The Morgan fingerprint density at radius 1 is 0.792 bits per heavy atom. The van der Waals surface area contributed by atoms with Crippen LogP contribution < -0.4 is 4.90 Å². The number of benzene rings is 2. The van der Waals surface area contributed by atoms with Crippen molar-refractivity contribution in [2.24, 2.45) is 0 Å². The topological polar surface area (TPSA) is 67.6 Å². The highest BCUT2D eigenvalue weighted by Gasteiger charge is 2.36. The molecule has 0 radical (unpaired) electrons. The third-order valence-corrected chi connectivity index (χ3v) is 3.95. The second-order valence-electron chi connectivity index (χ2n) is 5.36. The third kappa shape index (κ3) is 2.06. The average molecular weight is 317 g/mol. The summed E-state index contributed by atoms with van der Waals surface area (Å²) < 4.78 is 5.36. The number of amides is 2. The fraction of sp³-hybridized carbons (Fsp3) is 0. The van der Waals surface area contributed by atoms with Crippen LogP contribution in [0.3, 0.4) is 0 Å². The molecule has 3 aromatic rings. The Balaban J connectivity index is 1.68. The van der Waals surface area contributed by atoms with Gasteiger partial charge in [0.25, 0.3) is 11.8 Å². The molecule has 4 rings (SSSR count). The summed E-state index contributed by atoms with van der Waals surface area (Å²) in [5, 5.41) is 0. The van der Waals surface area contributed by atoms with Crippen molar-refractivity contribution < 1.29 is 18.8 Å². The molecule has 2 amide bonds. The quantitative estimate of drug-likeness (QED) is 0.547. The lowest BCUT2D eigenvalue weighted by atomic mass is 10.1. The van der Waals surface area contributed by atoms with E-state index in [1.165, 1.54) is 0 Å². The van der Waals surface area contributed by atoms with Crippen LogP contribution in [0.1, 0.15) is 31.3 Å². The molecule has 0 saturated heterocycles. The van der Waals surface area contributed by atoms with E-state index in [4.69, 9.17) is 4.42 Å². The first-order valence-electron chi connectivity index (χ1n) is 7.32. The standard InChI is InChI=1S/C19H11NO4/c21-11-14-9-10-17(24-14)12-5-7-13(8-6-12)20-18(22)15-3-1-2-4-16(15)19(20)23/h1-11H. The Morgan fingerprint density at radius 2 is 1.42 bits per heavy atom. The van der Waals surface area contributed by atoms with E-state index >= 15 is 0 Å². The van der Waals surface area contributed by atoms with E-state index in [1.54, 1.807) is 60.7 Å². The molecule has 1 aromatic heterocycles. The highest BCUT2D eigenvalue weighted by Crippen LogP contribution is 2.30. The van der Waals surface area contributed by atoms with Gasteiger partial charge in [-0.25, -0.2) is 4.90 Å². The molecule has 5 heteroatoms. The monoisotopic (exact) mass is 317 g/mol. The molecule has 24 heavy (non-hydrogen) atoms. The first-order chi connectivity index (χ1) is 11.7. The molecule has 1 aliphatic rings. The number of aldehydes is 1. The molecule has 0 spiro atoms. The maximum absolute atomic E-state index is 12.5. The van der Waals surface area contributed by atoms with Crippen LogP contribution in [-0.2, 0) is 0 Å². The van der Waals surface area contributed by atoms with Gasteiger partial charge >= 0.3 is 0 Å². The van der Waals surface area contributed by atoms with Crippen LogP contribution in [0, 0.1) is 0 Å². The van der Waals surface area contributed by atoms with Crippen molar-refractivity contribution in [3.8, 4) is 11.3 Å². The summed E-state index contributed by atoms with van der Waals surface area (Å²) >= 11 is 0. The van der Waals surface area contributed by atoms with Crippen molar-refractivity contribution in [1.82, 2.24) is 0 Å². The van der Waals surface area contributed by atoms with Gasteiger partial charge in [0.15, 0.2) is 12.0 Å². The summed E-state index contributed by atoms with van der Waals surface area (Å²) in [5.74, 6) is 0.134. The van der Waals surface area contributed by atoms with Gasteiger partial charge in [0.2, 0.25) is 0 Å². The summed E-state index contributed by atoms with van der Waals surface area (Å²) in [6.07, 6.45) is 0.636. The van der Waals surface area contributed by atoms with Crippen LogP contribution in [0.4, 0.5) is 5.69 Å². The molecule has 1 aliphatic heterocycles. The van der Waals surface area contributed by atoms with E-state index in [1.807, 2.05) is 0 Å². The average Bonchev–Trinajstić information content (AvgIpc) is 3.20. The first kappa shape index (κ1) is 14.1. The van der Waals surface area contributed by atoms with Crippen LogP contribution in [0.25, 0.3) is 11.3 Å². The number of furan rings is 1. The minimum Gasteiger partial charge on any atom is -0.453 e. The summed E-state index contributed by atoms with van der Waals surface area (Å²) in [6.45, 7) is 0. The zero-order valence-electron chi connectivity index (χ0n) is 12.4. The molecular formula is C19H11NO4. The second kappa shape index (κ2) is 5.31. The van der Waals surface area contributed by atoms with E-state index < -0.39 is 0 Å². The molecule has 0 unspecified atom stereocenters. The Hall–Kier alpha value is -3.47. The van der Waals surface area contributed by atoms with Gasteiger partial charge in [-0.15, -0.1) is 0 Å². The molecule has 0 fully saturated rings. The van der Waals surface area contributed by atoms with E-state index in [9.17, 15) is 14.4 Å². The van der Waals surface area contributed by atoms with E-state index in [0.717, 1.165) is 10.5 Å². The Morgan fingerprint density at radius 3 is 1.96 bits per heavy atom. The van der Waals surface area contributed by atoms with Crippen LogP contribution in [-0.4, -0.2) is 18.1 Å². The molecule has 2 aromatic carbocycles. The predicted molar refractivity (Wildman–Crippen MR) is 87.1 cm³/mol. The largest absolute Gasteiger partial charge is 0.453 e. The number of carbonyl (C=O) groups is 3. The van der Waals surface area contributed by atoms with Crippen LogP contribution in [0.2, 0.25) is 0 Å².